The predicted octanol–water partition coefficient (Wildman–Crippen LogP) is 3.59. The Bertz CT molecular complexity index is 848. The van der Waals surface area contributed by atoms with Crippen molar-refractivity contribution in [3.05, 3.63) is 54.1 Å². The number of carbonyl (C=O) groups excluding carboxylic acids is 1. The van der Waals surface area contributed by atoms with Crippen LogP contribution in [0.4, 0.5) is 11.4 Å². The minimum atomic E-state index is -3.71. The van der Waals surface area contributed by atoms with Gasteiger partial charge in [-0.3, -0.25) is 9.52 Å². The first-order valence-corrected chi connectivity index (χ1v) is 9.85. The van der Waals surface area contributed by atoms with Gasteiger partial charge in [-0.25, -0.2) is 8.42 Å². The van der Waals surface area contributed by atoms with Crippen LogP contribution in [-0.4, -0.2) is 28.0 Å². The highest BCUT2D eigenvalue weighted by Gasteiger charge is 2.15. The molecule has 1 atom stereocenters. The van der Waals surface area contributed by atoms with Crippen LogP contribution in [0.1, 0.15) is 31.7 Å². The Morgan fingerprint density at radius 1 is 1.12 bits per heavy atom. The summed E-state index contributed by atoms with van der Waals surface area (Å²) >= 11 is 0. The van der Waals surface area contributed by atoms with Crippen molar-refractivity contribution in [3.8, 4) is 0 Å². The van der Waals surface area contributed by atoms with Crippen LogP contribution in [0, 0.1) is 0 Å². The molecule has 0 aliphatic rings. The third kappa shape index (κ3) is 5.31. The lowest BCUT2D eigenvalue weighted by molar-refractivity contribution is -0.119. The summed E-state index contributed by atoms with van der Waals surface area (Å²) in [5, 5.41) is 2.64. The maximum absolute atomic E-state index is 12.6. The minimum Gasteiger partial charge on any atom is -0.375 e. The third-order valence-corrected chi connectivity index (χ3v) is 5.44. The number of anilines is 2. The fourth-order valence-electron chi connectivity index (χ4n) is 2.41. The quantitative estimate of drug-likeness (QED) is 0.737. The van der Waals surface area contributed by atoms with Crippen LogP contribution in [0.15, 0.2) is 53.4 Å². The number of carbonyl (C=O) groups is 1. The summed E-state index contributed by atoms with van der Waals surface area (Å²) in [4.78, 5) is 11.8. The van der Waals surface area contributed by atoms with E-state index in [1.165, 1.54) is 7.11 Å². The Morgan fingerprint density at radius 2 is 1.77 bits per heavy atom. The topological polar surface area (TPSA) is 84.5 Å². The number of rotatable bonds is 8. The van der Waals surface area contributed by atoms with Gasteiger partial charge in [-0.2, -0.15) is 0 Å². The molecule has 2 N–H and O–H groups in total. The van der Waals surface area contributed by atoms with E-state index in [1.807, 2.05) is 12.1 Å². The van der Waals surface area contributed by atoms with Crippen LogP contribution in [-0.2, 0) is 19.6 Å². The van der Waals surface area contributed by atoms with Gasteiger partial charge in [0.25, 0.3) is 10.0 Å². The molecule has 7 heteroatoms. The number of hydrogen-bond acceptors (Lipinski definition) is 4. The van der Waals surface area contributed by atoms with Crippen molar-refractivity contribution in [1.82, 2.24) is 0 Å². The second-order valence-electron chi connectivity index (χ2n) is 6.05. The van der Waals surface area contributed by atoms with Gasteiger partial charge in [0.1, 0.15) is 6.61 Å². The van der Waals surface area contributed by atoms with Crippen molar-refractivity contribution in [2.45, 2.75) is 31.1 Å². The zero-order valence-corrected chi connectivity index (χ0v) is 16.0. The minimum absolute atomic E-state index is 0.0709. The summed E-state index contributed by atoms with van der Waals surface area (Å²) in [6, 6.07) is 13.4. The second kappa shape index (κ2) is 8.82. The molecule has 0 aromatic heterocycles. The standard InChI is InChI=1S/C19H24N2O4S/c1-4-14(2)15-8-10-18(11-9-15)26(23,24)21-17-7-5-6-16(12-17)20-19(22)13-25-3/h5-12,14,21H,4,13H2,1-3H3,(H,20,22). The van der Waals surface area contributed by atoms with Gasteiger partial charge in [0.2, 0.25) is 5.91 Å². The van der Waals surface area contributed by atoms with Crippen LogP contribution >= 0.6 is 0 Å². The monoisotopic (exact) mass is 376 g/mol. The summed E-state index contributed by atoms with van der Waals surface area (Å²) in [5.41, 5.74) is 1.96. The molecule has 2 aromatic carbocycles. The summed E-state index contributed by atoms with van der Waals surface area (Å²) in [6.45, 7) is 4.12. The number of methoxy groups -OCH3 is 1. The van der Waals surface area contributed by atoms with Crippen molar-refractivity contribution in [2.24, 2.45) is 0 Å². The summed E-state index contributed by atoms with van der Waals surface area (Å²) < 4.78 is 32.4. The SMILES string of the molecule is CCC(C)c1ccc(S(=O)(=O)Nc2cccc(NC(=O)COC)c2)cc1. The van der Waals surface area contributed by atoms with E-state index in [4.69, 9.17) is 4.74 Å². The first-order valence-electron chi connectivity index (χ1n) is 8.37. The van der Waals surface area contributed by atoms with Crippen molar-refractivity contribution < 1.29 is 17.9 Å². The first kappa shape index (κ1) is 19.9. The van der Waals surface area contributed by atoms with Crippen LogP contribution < -0.4 is 10.0 Å². The summed E-state index contributed by atoms with van der Waals surface area (Å²) in [7, 11) is -2.28. The average molecular weight is 376 g/mol. The Kier molecular flexibility index (Phi) is 6.76. The predicted molar refractivity (Wildman–Crippen MR) is 103 cm³/mol. The molecule has 0 bridgehead atoms. The molecule has 0 aliphatic carbocycles. The van der Waals surface area contributed by atoms with Gasteiger partial charge in [-0.05, 0) is 48.2 Å². The molecule has 2 aromatic rings. The highest BCUT2D eigenvalue weighted by molar-refractivity contribution is 7.92. The molecule has 140 valence electrons. The molecule has 0 aliphatic heterocycles. The van der Waals surface area contributed by atoms with Crippen LogP contribution in [0.3, 0.4) is 0 Å². The molecule has 1 unspecified atom stereocenters. The van der Waals surface area contributed by atoms with Gasteiger partial charge < -0.3 is 10.1 Å². The molecule has 0 heterocycles. The van der Waals surface area contributed by atoms with Crippen LogP contribution in [0.25, 0.3) is 0 Å². The average Bonchev–Trinajstić information content (AvgIpc) is 2.61. The zero-order valence-electron chi connectivity index (χ0n) is 15.2. The van der Waals surface area contributed by atoms with Gasteiger partial charge in [0.15, 0.2) is 0 Å². The number of benzene rings is 2. The summed E-state index contributed by atoms with van der Waals surface area (Å²) in [6.07, 6.45) is 0.992. The first-order chi connectivity index (χ1) is 12.4. The molecular weight excluding hydrogens is 352 g/mol. The second-order valence-corrected chi connectivity index (χ2v) is 7.73. The highest BCUT2D eigenvalue weighted by Crippen LogP contribution is 2.23. The lowest BCUT2D eigenvalue weighted by Crippen LogP contribution is -2.17. The number of hydrogen-bond donors (Lipinski definition) is 2. The molecule has 2 rings (SSSR count). The molecule has 1 amide bonds. The maximum atomic E-state index is 12.6. The van der Waals surface area contributed by atoms with Crippen molar-refractivity contribution >= 4 is 27.3 Å². The molecular formula is C19H24N2O4S. The number of amides is 1. The van der Waals surface area contributed by atoms with Gasteiger partial charge in [-0.15, -0.1) is 0 Å². The van der Waals surface area contributed by atoms with Gasteiger partial charge in [-0.1, -0.05) is 32.0 Å². The van der Waals surface area contributed by atoms with Gasteiger partial charge in [0, 0.05) is 12.8 Å². The van der Waals surface area contributed by atoms with E-state index in [1.54, 1.807) is 36.4 Å². The fourth-order valence-corrected chi connectivity index (χ4v) is 3.46. The number of sulfonamides is 1. The molecule has 6 nitrogen and oxygen atoms in total. The van der Waals surface area contributed by atoms with E-state index in [0.717, 1.165) is 12.0 Å². The highest BCUT2D eigenvalue weighted by atomic mass is 32.2. The Labute approximate surface area is 154 Å². The fraction of sp³-hybridized carbons (Fsp3) is 0.316. The number of nitrogens with one attached hydrogen (secondary N) is 2. The van der Waals surface area contributed by atoms with Crippen LogP contribution in [0.2, 0.25) is 0 Å². The van der Waals surface area contributed by atoms with Crippen LogP contribution in [0.5, 0.6) is 0 Å². The largest absolute Gasteiger partial charge is 0.375 e. The van der Waals surface area contributed by atoms with Crippen molar-refractivity contribution in [3.63, 3.8) is 0 Å². The molecule has 0 saturated heterocycles. The normalized spacial score (nSPS) is 12.4. The van der Waals surface area contributed by atoms with E-state index >= 15 is 0 Å². The van der Waals surface area contributed by atoms with E-state index in [0.29, 0.717) is 17.3 Å². The lowest BCUT2D eigenvalue weighted by atomic mass is 9.99. The maximum Gasteiger partial charge on any atom is 0.261 e. The smallest absolute Gasteiger partial charge is 0.261 e. The molecule has 0 radical (unpaired) electrons. The third-order valence-electron chi connectivity index (χ3n) is 4.05. The summed E-state index contributed by atoms with van der Waals surface area (Å²) in [5.74, 6) is 0.0697. The van der Waals surface area contributed by atoms with Gasteiger partial charge in [0.05, 0.1) is 10.6 Å². The van der Waals surface area contributed by atoms with Gasteiger partial charge >= 0.3 is 0 Å². The van der Waals surface area contributed by atoms with Crippen molar-refractivity contribution in [2.75, 3.05) is 23.8 Å². The Hall–Kier alpha value is -2.38. The molecule has 0 saturated carbocycles. The molecule has 0 fully saturated rings. The van der Waals surface area contributed by atoms with E-state index in [-0.39, 0.29) is 17.4 Å². The van der Waals surface area contributed by atoms with Crippen molar-refractivity contribution in [1.29, 1.82) is 0 Å². The Morgan fingerprint density at radius 3 is 2.38 bits per heavy atom. The molecule has 0 spiro atoms. The Balaban J connectivity index is 2.15. The zero-order chi connectivity index (χ0) is 19.2. The van der Waals surface area contributed by atoms with E-state index < -0.39 is 10.0 Å². The molecule has 26 heavy (non-hydrogen) atoms. The van der Waals surface area contributed by atoms with E-state index in [9.17, 15) is 13.2 Å². The van der Waals surface area contributed by atoms with E-state index in [2.05, 4.69) is 23.9 Å². The number of ether oxygens (including phenoxy) is 1. The lowest BCUT2D eigenvalue weighted by Gasteiger charge is -2.12.